The minimum atomic E-state index is -0.578. The number of halogens is 2. The molecular formula is C13H14F2N2S. The van der Waals surface area contributed by atoms with Crippen LogP contribution in [-0.4, -0.2) is 0 Å². The van der Waals surface area contributed by atoms with Crippen molar-refractivity contribution in [2.45, 2.75) is 18.9 Å². The van der Waals surface area contributed by atoms with E-state index in [1.807, 2.05) is 17.5 Å². The Bertz CT molecular complexity index is 500. The molecule has 2 aromatic rings. The minimum absolute atomic E-state index is 0.312. The lowest BCUT2D eigenvalue weighted by atomic mass is 10.0. The quantitative estimate of drug-likeness (QED) is 0.645. The predicted molar refractivity (Wildman–Crippen MR) is 69.1 cm³/mol. The van der Waals surface area contributed by atoms with Crippen molar-refractivity contribution in [1.29, 1.82) is 0 Å². The first-order chi connectivity index (χ1) is 8.70. The molecule has 3 N–H and O–H groups in total. The van der Waals surface area contributed by atoms with Gasteiger partial charge in [-0.1, -0.05) is 12.1 Å². The van der Waals surface area contributed by atoms with Gasteiger partial charge in [-0.3, -0.25) is 11.3 Å². The minimum Gasteiger partial charge on any atom is -0.271 e. The Balaban J connectivity index is 2.08. The highest BCUT2D eigenvalue weighted by molar-refractivity contribution is 7.09. The van der Waals surface area contributed by atoms with Gasteiger partial charge in [0.05, 0.1) is 0 Å². The van der Waals surface area contributed by atoms with Crippen molar-refractivity contribution in [2.24, 2.45) is 5.84 Å². The molecule has 1 atom stereocenters. The van der Waals surface area contributed by atoms with Gasteiger partial charge in [0, 0.05) is 22.5 Å². The molecule has 0 amide bonds. The van der Waals surface area contributed by atoms with E-state index in [1.54, 1.807) is 11.3 Å². The van der Waals surface area contributed by atoms with Gasteiger partial charge in [-0.15, -0.1) is 11.3 Å². The summed E-state index contributed by atoms with van der Waals surface area (Å²) in [6, 6.07) is 7.25. The lowest BCUT2D eigenvalue weighted by Gasteiger charge is -2.16. The molecule has 0 saturated heterocycles. The molecule has 5 heteroatoms. The molecule has 1 heterocycles. The number of aryl methyl sites for hydroxylation is 1. The molecule has 0 aliphatic carbocycles. The van der Waals surface area contributed by atoms with Crippen molar-refractivity contribution in [3.05, 3.63) is 57.8 Å². The number of nitrogens with one attached hydrogen (secondary N) is 1. The van der Waals surface area contributed by atoms with Crippen LogP contribution in [0.15, 0.2) is 35.7 Å². The summed E-state index contributed by atoms with van der Waals surface area (Å²) >= 11 is 1.65. The molecule has 1 unspecified atom stereocenters. The van der Waals surface area contributed by atoms with Crippen LogP contribution < -0.4 is 11.3 Å². The summed E-state index contributed by atoms with van der Waals surface area (Å²) in [4.78, 5) is 1.22. The Morgan fingerprint density at radius 1 is 1.28 bits per heavy atom. The van der Waals surface area contributed by atoms with Crippen molar-refractivity contribution in [2.75, 3.05) is 0 Å². The summed E-state index contributed by atoms with van der Waals surface area (Å²) in [5.41, 5.74) is 2.98. The highest BCUT2D eigenvalue weighted by Gasteiger charge is 2.15. The Morgan fingerprint density at radius 3 is 2.72 bits per heavy atom. The van der Waals surface area contributed by atoms with Crippen LogP contribution in [-0.2, 0) is 6.42 Å². The van der Waals surface area contributed by atoms with Crippen LogP contribution in [0.1, 0.15) is 22.9 Å². The van der Waals surface area contributed by atoms with E-state index in [-0.39, 0.29) is 6.04 Å². The number of rotatable bonds is 5. The summed E-state index contributed by atoms with van der Waals surface area (Å²) in [6.07, 6.45) is 1.48. The fourth-order valence-corrected chi connectivity index (χ4v) is 2.58. The second-order valence-electron chi connectivity index (χ2n) is 4.00. The van der Waals surface area contributed by atoms with E-state index < -0.39 is 11.6 Å². The van der Waals surface area contributed by atoms with E-state index in [1.165, 1.54) is 17.0 Å². The third-order valence-corrected chi connectivity index (χ3v) is 3.73. The first kappa shape index (κ1) is 13.1. The maximum Gasteiger partial charge on any atom is 0.130 e. The Morgan fingerprint density at radius 2 is 2.11 bits per heavy atom. The van der Waals surface area contributed by atoms with Gasteiger partial charge >= 0.3 is 0 Å². The van der Waals surface area contributed by atoms with E-state index in [0.29, 0.717) is 12.0 Å². The second kappa shape index (κ2) is 6.04. The molecule has 0 radical (unpaired) electrons. The molecule has 2 nitrogen and oxygen atoms in total. The topological polar surface area (TPSA) is 38.0 Å². The Labute approximate surface area is 108 Å². The molecule has 1 aromatic carbocycles. The van der Waals surface area contributed by atoms with Gasteiger partial charge < -0.3 is 0 Å². The van der Waals surface area contributed by atoms with Crippen LogP contribution in [0.3, 0.4) is 0 Å². The number of hydrazine groups is 1. The molecule has 96 valence electrons. The first-order valence-corrected chi connectivity index (χ1v) is 6.52. The maximum atomic E-state index is 13.6. The van der Waals surface area contributed by atoms with Gasteiger partial charge in [0.25, 0.3) is 0 Å². The van der Waals surface area contributed by atoms with Gasteiger partial charge in [0.15, 0.2) is 0 Å². The fraction of sp³-hybridized carbons (Fsp3) is 0.231. The summed E-state index contributed by atoms with van der Waals surface area (Å²) in [7, 11) is 0. The molecule has 18 heavy (non-hydrogen) atoms. The van der Waals surface area contributed by atoms with Crippen molar-refractivity contribution >= 4 is 11.3 Å². The molecule has 0 saturated carbocycles. The van der Waals surface area contributed by atoms with Crippen molar-refractivity contribution in [1.82, 2.24) is 5.43 Å². The van der Waals surface area contributed by atoms with Gasteiger partial charge in [-0.05, 0) is 30.4 Å². The number of thiophene rings is 1. The van der Waals surface area contributed by atoms with E-state index in [9.17, 15) is 8.78 Å². The lowest BCUT2D eigenvalue weighted by molar-refractivity contribution is 0.481. The van der Waals surface area contributed by atoms with Crippen LogP contribution in [0.25, 0.3) is 0 Å². The Kier molecular flexibility index (Phi) is 4.41. The number of nitrogens with two attached hydrogens (primary N) is 1. The summed E-state index contributed by atoms with van der Waals surface area (Å²) < 4.78 is 26.5. The zero-order chi connectivity index (χ0) is 13.0. The largest absolute Gasteiger partial charge is 0.271 e. The summed E-state index contributed by atoms with van der Waals surface area (Å²) in [5.74, 6) is 4.30. The SMILES string of the molecule is NNC(CCc1cccs1)c1ccc(F)cc1F. The van der Waals surface area contributed by atoms with Gasteiger partial charge in [-0.25, -0.2) is 8.78 Å². The highest BCUT2D eigenvalue weighted by Crippen LogP contribution is 2.23. The monoisotopic (exact) mass is 268 g/mol. The maximum absolute atomic E-state index is 13.6. The molecule has 0 spiro atoms. The van der Waals surface area contributed by atoms with E-state index in [4.69, 9.17) is 5.84 Å². The average Bonchev–Trinajstić information content (AvgIpc) is 2.85. The van der Waals surface area contributed by atoms with Crippen LogP contribution in [0, 0.1) is 11.6 Å². The van der Waals surface area contributed by atoms with E-state index in [2.05, 4.69) is 5.43 Å². The zero-order valence-corrected chi connectivity index (χ0v) is 10.5. The first-order valence-electron chi connectivity index (χ1n) is 5.64. The van der Waals surface area contributed by atoms with Gasteiger partial charge in [0.1, 0.15) is 11.6 Å². The van der Waals surface area contributed by atoms with Gasteiger partial charge in [-0.2, -0.15) is 0 Å². The molecule has 0 bridgehead atoms. The molecule has 2 rings (SSSR count). The standard InChI is InChI=1S/C13H14F2N2S/c14-9-3-5-11(12(15)8-9)13(17-16)6-4-10-2-1-7-18-10/h1-3,5,7-8,13,17H,4,6,16H2. The fourth-order valence-electron chi connectivity index (χ4n) is 1.85. The van der Waals surface area contributed by atoms with E-state index in [0.717, 1.165) is 12.5 Å². The van der Waals surface area contributed by atoms with Crippen LogP contribution in [0.4, 0.5) is 8.78 Å². The summed E-state index contributed by atoms with van der Waals surface area (Å²) in [5, 5.41) is 2.00. The van der Waals surface area contributed by atoms with Crippen LogP contribution in [0.5, 0.6) is 0 Å². The van der Waals surface area contributed by atoms with Crippen molar-refractivity contribution < 1.29 is 8.78 Å². The van der Waals surface area contributed by atoms with Crippen molar-refractivity contribution in [3.63, 3.8) is 0 Å². The predicted octanol–water partition coefficient (Wildman–Crippen LogP) is 3.16. The molecule has 0 fully saturated rings. The molecule has 0 aliphatic heterocycles. The third-order valence-electron chi connectivity index (χ3n) is 2.80. The summed E-state index contributed by atoms with van der Waals surface area (Å²) in [6.45, 7) is 0. The number of hydrogen-bond acceptors (Lipinski definition) is 3. The second-order valence-corrected chi connectivity index (χ2v) is 5.04. The Hall–Kier alpha value is -1.30. The van der Waals surface area contributed by atoms with Gasteiger partial charge in [0.2, 0.25) is 0 Å². The van der Waals surface area contributed by atoms with E-state index >= 15 is 0 Å². The average molecular weight is 268 g/mol. The molecule has 1 aromatic heterocycles. The number of hydrogen-bond donors (Lipinski definition) is 2. The zero-order valence-electron chi connectivity index (χ0n) is 9.70. The molecule has 0 aliphatic rings. The normalized spacial score (nSPS) is 12.6. The lowest BCUT2D eigenvalue weighted by Crippen LogP contribution is -2.29. The third kappa shape index (κ3) is 3.13. The molecular weight excluding hydrogens is 254 g/mol. The number of benzene rings is 1. The van der Waals surface area contributed by atoms with Crippen molar-refractivity contribution in [3.8, 4) is 0 Å². The van der Waals surface area contributed by atoms with Crippen LogP contribution in [0.2, 0.25) is 0 Å². The highest BCUT2D eigenvalue weighted by atomic mass is 32.1. The van der Waals surface area contributed by atoms with Crippen LogP contribution >= 0.6 is 11.3 Å². The smallest absolute Gasteiger partial charge is 0.130 e.